The number of halogens is 2. The first-order valence-electron chi connectivity index (χ1n) is 10.1. The van der Waals surface area contributed by atoms with Crippen molar-refractivity contribution in [3.05, 3.63) is 71.0 Å². The number of hydrogen-bond donors (Lipinski definition) is 2. The van der Waals surface area contributed by atoms with Crippen LogP contribution in [-0.2, 0) is 13.1 Å². The molecule has 160 valence electrons. The highest BCUT2D eigenvalue weighted by Crippen LogP contribution is 2.20. The van der Waals surface area contributed by atoms with Gasteiger partial charge in [0.05, 0.1) is 18.2 Å². The molecule has 30 heavy (non-hydrogen) atoms. The third kappa shape index (κ3) is 6.67. The first-order valence-corrected chi connectivity index (χ1v) is 10.1. The van der Waals surface area contributed by atoms with Gasteiger partial charge in [0, 0.05) is 37.3 Å². The summed E-state index contributed by atoms with van der Waals surface area (Å²) in [5, 5.41) is 15.8. The van der Waals surface area contributed by atoms with Gasteiger partial charge in [0.1, 0.15) is 5.82 Å². The second-order valence-electron chi connectivity index (χ2n) is 7.45. The SMILES string of the molecule is CCNC(=NCc1cc(C#N)ccc1F)NC1CC(C)N(Cc2ccccc2)C1.I. The van der Waals surface area contributed by atoms with Gasteiger partial charge in [-0.25, -0.2) is 9.38 Å². The first kappa shape index (κ1) is 24.1. The third-order valence-electron chi connectivity index (χ3n) is 5.20. The lowest BCUT2D eigenvalue weighted by Gasteiger charge is -2.21. The van der Waals surface area contributed by atoms with Gasteiger partial charge in [-0.1, -0.05) is 30.3 Å². The van der Waals surface area contributed by atoms with E-state index in [0.29, 0.717) is 23.1 Å². The molecular weight excluding hydrogens is 492 g/mol. The lowest BCUT2D eigenvalue weighted by atomic mass is 10.1. The molecule has 2 aromatic carbocycles. The zero-order chi connectivity index (χ0) is 20.6. The Bertz CT molecular complexity index is 881. The van der Waals surface area contributed by atoms with Crippen LogP contribution in [0.3, 0.4) is 0 Å². The Labute approximate surface area is 195 Å². The molecule has 2 unspecified atom stereocenters. The Morgan fingerprint density at radius 3 is 2.73 bits per heavy atom. The summed E-state index contributed by atoms with van der Waals surface area (Å²) in [4.78, 5) is 7.01. The largest absolute Gasteiger partial charge is 0.357 e. The number of benzene rings is 2. The Morgan fingerprint density at radius 1 is 1.27 bits per heavy atom. The summed E-state index contributed by atoms with van der Waals surface area (Å²) in [6.45, 7) is 7.03. The van der Waals surface area contributed by atoms with Crippen LogP contribution in [0, 0.1) is 17.1 Å². The van der Waals surface area contributed by atoms with E-state index in [9.17, 15) is 4.39 Å². The number of hydrogen-bond acceptors (Lipinski definition) is 3. The molecule has 0 aromatic heterocycles. The van der Waals surface area contributed by atoms with Gasteiger partial charge in [0.25, 0.3) is 0 Å². The van der Waals surface area contributed by atoms with E-state index in [1.54, 1.807) is 6.07 Å². The zero-order valence-corrected chi connectivity index (χ0v) is 19.8. The summed E-state index contributed by atoms with van der Waals surface area (Å²) in [6, 6.07) is 17.6. The monoisotopic (exact) mass is 521 g/mol. The number of nitriles is 1. The minimum Gasteiger partial charge on any atom is -0.357 e. The van der Waals surface area contributed by atoms with E-state index in [1.807, 2.05) is 19.1 Å². The minimum absolute atomic E-state index is 0. The smallest absolute Gasteiger partial charge is 0.191 e. The van der Waals surface area contributed by atoms with Crippen LogP contribution in [0.2, 0.25) is 0 Å². The van der Waals surface area contributed by atoms with Crippen LogP contribution in [0.4, 0.5) is 4.39 Å². The minimum atomic E-state index is -0.341. The van der Waals surface area contributed by atoms with E-state index in [0.717, 1.165) is 26.1 Å². The van der Waals surface area contributed by atoms with Crippen molar-refractivity contribution >= 4 is 29.9 Å². The molecule has 7 heteroatoms. The van der Waals surface area contributed by atoms with Crippen molar-refractivity contribution in [3.63, 3.8) is 0 Å². The van der Waals surface area contributed by atoms with E-state index in [4.69, 9.17) is 5.26 Å². The first-order chi connectivity index (χ1) is 14.1. The van der Waals surface area contributed by atoms with Crippen molar-refractivity contribution in [2.75, 3.05) is 13.1 Å². The van der Waals surface area contributed by atoms with Gasteiger partial charge in [-0.3, -0.25) is 4.90 Å². The Hall–Kier alpha value is -2.18. The average molecular weight is 521 g/mol. The molecule has 3 rings (SSSR count). The third-order valence-corrected chi connectivity index (χ3v) is 5.20. The van der Waals surface area contributed by atoms with Crippen molar-refractivity contribution in [2.24, 2.45) is 4.99 Å². The molecule has 0 bridgehead atoms. The maximum Gasteiger partial charge on any atom is 0.191 e. The summed E-state index contributed by atoms with van der Waals surface area (Å²) in [5.74, 6) is 0.333. The van der Waals surface area contributed by atoms with Gasteiger partial charge in [0.2, 0.25) is 0 Å². The molecule has 2 aromatic rings. The molecule has 0 radical (unpaired) electrons. The van der Waals surface area contributed by atoms with Gasteiger partial charge in [-0.15, -0.1) is 24.0 Å². The van der Waals surface area contributed by atoms with Gasteiger partial charge in [-0.05, 0) is 44.0 Å². The normalized spacial score (nSPS) is 19.1. The van der Waals surface area contributed by atoms with Gasteiger partial charge < -0.3 is 10.6 Å². The maximum atomic E-state index is 14.0. The van der Waals surface area contributed by atoms with Crippen LogP contribution in [0.25, 0.3) is 0 Å². The van der Waals surface area contributed by atoms with Gasteiger partial charge in [0.15, 0.2) is 5.96 Å². The van der Waals surface area contributed by atoms with E-state index < -0.39 is 0 Å². The molecule has 5 nitrogen and oxygen atoms in total. The number of likely N-dealkylation sites (tertiary alicyclic amines) is 1. The lowest BCUT2D eigenvalue weighted by molar-refractivity contribution is 0.258. The molecule has 1 heterocycles. The van der Waals surface area contributed by atoms with Crippen LogP contribution in [0.1, 0.15) is 37.0 Å². The quantitative estimate of drug-likeness (QED) is 0.343. The number of rotatable bonds is 6. The van der Waals surface area contributed by atoms with Crippen molar-refractivity contribution < 1.29 is 4.39 Å². The molecule has 1 aliphatic heterocycles. The van der Waals surface area contributed by atoms with Gasteiger partial charge >= 0.3 is 0 Å². The molecule has 0 amide bonds. The second kappa shape index (κ2) is 11.9. The van der Waals surface area contributed by atoms with Crippen LogP contribution in [-0.4, -0.2) is 36.0 Å². The number of aliphatic imine (C=N–C) groups is 1. The van der Waals surface area contributed by atoms with Crippen LogP contribution < -0.4 is 10.6 Å². The van der Waals surface area contributed by atoms with Crippen molar-refractivity contribution in [1.82, 2.24) is 15.5 Å². The predicted octanol–water partition coefficient (Wildman–Crippen LogP) is 4.03. The summed E-state index contributed by atoms with van der Waals surface area (Å²) < 4.78 is 14.0. The van der Waals surface area contributed by atoms with E-state index >= 15 is 0 Å². The molecule has 1 saturated heterocycles. The predicted molar refractivity (Wildman–Crippen MR) is 129 cm³/mol. The second-order valence-corrected chi connectivity index (χ2v) is 7.45. The fraction of sp³-hybridized carbons (Fsp3) is 0.391. The lowest BCUT2D eigenvalue weighted by Crippen LogP contribution is -2.44. The number of nitrogens with zero attached hydrogens (tertiary/aromatic N) is 3. The summed E-state index contributed by atoms with van der Waals surface area (Å²) in [6.07, 6.45) is 1.02. The number of nitrogens with one attached hydrogen (secondary N) is 2. The highest BCUT2D eigenvalue weighted by Gasteiger charge is 2.29. The van der Waals surface area contributed by atoms with E-state index in [1.165, 1.54) is 17.7 Å². The zero-order valence-electron chi connectivity index (χ0n) is 17.4. The molecule has 0 spiro atoms. The fourth-order valence-corrected chi connectivity index (χ4v) is 3.68. The Balaban J connectivity index is 0.00000320. The molecule has 1 fully saturated rings. The van der Waals surface area contributed by atoms with E-state index in [-0.39, 0.29) is 42.4 Å². The standard InChI is InChI=1S/C23H28FN5.HI/c1-3-26-23(27-14-20-12-19(13-25)9-10-22(20)24)28-21-11-17(2)29(16-21)15-18-7-5-4-6-8-18;/h4-10,12,17,21H,3,11,14-16H2,1-2H3,(H2,26,27,28);1H. The highest BCUT2D eigenvalue weighted by atomic mass is 127. The molecule has 0 aliphatic carbocycles. The van der Waals surface area contributed by atoms with E-state index in [2.05, 4.69) is 51.7 Å². The molecule has 1 aliphatic rings. The topological polar surface area (TPSA) is 63.5 Å². The maximum absolute atomic E-state index is 14.0. The Kier molecular flexibility index (Phi) is 9.53. The van der Waals surface area contributed by atoms with Crippen LogP contribution in [0.5, 0.6) is 0 Å². The summed E-state index contributed by atoms with van der Waals surface area (Å²) in [5.41, 5.74) is 2.18. The molecule has 2 N–H and O–H groups in total. The Morgan fingerprint density at radius 2 is 2.03 bits per heavy atom. The highest BCUT2D eigenvalue weighted by molar-refractivity contribution is 14.0. The average Bonchev–Trinajstić information content (AvgIpc) is 3.06. The summed E-state index contributed by atoms with van der Waals surface area (Å²) >= 11 is 0. The van der Waals surface area contributed by atoms with Crippen molar-refractivity contribution in [2.45, 2.75) is 45.4 Å². The van der Waals surface area contributed by atoms with Crippen LogP contribution in [0.15, 0.2) is 53.5 Å². The van der Waals surface area contributed by atoms with Crippen molar-refractivity contribution in [1.29, 1.82) is 5.26 Å². The fourth-order valence-electron chi connectivity index (χ4n) is 3.68. The van der Waals surface area contributed by atoms with Crippen LogP contribution >= 0.6 is 24.0 Å². The molecular formula is C23H29FIN5. The molecule has 2 atom stereocenters. The van der Waals surface area contributed by atoms with Crippen molar-refractivity contribution in [3.8, 4) is 6.07 Å². The molecule has 0 saturated carbocycles. The number of guanidine groups is 1. The summed E-state index contributed by atoms with van der Waals surface area (Å²) in [7, 11) is 0. The van der Waals surface area contributed by atoms with Gasteiger partial charge in [-0.2, -0.15) is 5.26 Å².